The topological polar surface area (TPSA) is 0 Å². The largest absolute Gasteiger partial charge is 0.243 e. The van der Waals surface area contributed by atoms with E-state index in [1.54, 1.807) is 13.0 Å². The number of allylic oxidation sites excluding steroid dienone is 6. The quantitative estimate of drug-likeness (QED) is 0.447. The molecule has 0 aromatic carbocycles. The summed E-state index contributed by atoms with van der Waals surface area (Å²) in [6.45, 7) is 1.74. The number of hydrogen-bond acceptors (Lipinski definition) is 0. The van der Waals surface area contributed by atoms with Gasteiger partial charge in [0.2, 0.25) is 5.83 Å². The van der Waals surface area contributed by atoms with E-state index in [1.807, 2.05) is 0 Å². The van der Waals surface area contributed by atoms with Crippen LogP contribution in [0.4, 0.5) is 4.39 Å². The molecule has 0 spiro atoms. The molecule has 0 aromatic rings. The van der Waals surface area contributed by atoms with Crippen molar-refractivity contribution in [2.24, 2.45) is 0 Å². The zero-order chi connectivity index (χ0) is 6.85. The fourth-order valence-electron chi connectivity index (χ4n) is 0.547. The van der Waals surface area contributed by atoms with Gasteiger partial charge in [0.05, 0.1) is 17.7 Å². The fourth-order valence-corrected chi connectivity index (χ4v) is 1.17. The molecular formula is C7H5FI+. The minimum absolute atomic E-state index is 0.185. The minimum Gasteiger partial charge on any atom is -0.126 e. The summed E-state index contributed by atoms with van der Waals surface area (Å²) in [7, 11) is 0. The summed E-state index contributed by atoms with van der Waals surface area (Å²) in [5.41, 5.74) is 0.679. The summed E-state index contributed by atoms with van der Waals surface area (Å²) in [4.78, 5) is 0. The molecule has 0 unspecified atom stereocenters. The van der Waals surface area contributed by atoms with Crippen LogP contribution in [0.25, 0.3) is 0 Å². The summed E-state index contributed by atoms with van der Waals surface area (Å²) in [6.07, 6.45) is 5.87. The van der Waals surface area contributed by atoms with E-state index >= 15 is 0 Å². The molecule has 0 saturated carbocycles. The Morgan fingerprint density at radius 2 is 2.33 bits per heavy atom. The van der Waals surface area contributed by atoms with Crippen molar-refractivity contribution < 1.29 is 4.39 Å². The van der Waals surface area contributed by atoms with Gasteiger partial charge in [0.25, 0.3) is 0 Å². The summed E-state index contributed by atoms with van der Waals surface area (Å²) in [5.74, 6) is -0.185. The summed E-state index contributed by atoms with van der Waals surface area (Å²) in [5, 5.41) is 0. The van der Waals surface area contributed by atoms with Gasteiger partial charge < -0.3 is 0 Å². The second-order valence-corrected chi connectivity index (χ2v) is 2.97. The van der Waals surface area contributed by atoms with Gasteiger partial charge in [0.1, 0.15) is 6.08 Å². The van der Waals surface area contributed by atoms with E-state index in [1.165, 1.54) is 6.08 Å². The molecule has 0 nitrogen and oxygen atoms in total. The van der Waals surface area contributed by atoms with Crippen molar-refractivity contribution in [3.05, 3.63) is 33.2 Å². The van der Waals surface area contributed by atoms with Crippen LogP contribution in [0.2, 0.25) is 0 Å². The molecule has 2 heteroatoms. The maximum absolute atomic E-state index is 12.5. The van der Waals surface area contributed by atoms with Gasteiger partial charge in [-0.3, -0.25) is 0 Å². The molecule has 1 rings (SSSR count). The molecule has 46 valence electrons. The molecule has 0 amide bonds. The minimum atomic E-state index is -0.185. The molecule has 0 bridgehead atoms. The van der Waals surface area contributed by atoms with E-state index < -0.39 is 0 Å². The first-order valence-corrected chi connectivity index (χ1v) is 3.61. The van der Waals surface area contributed by atoms with Crippen molar-refractivity contribution in [3.8, 4) is 0 Å². The molecule has 0 radical (unpaired) electrons. The predicted octanol–water partition coefficient (Wildman–Crippen LogP) is 2.92. The highest BCUT2D eigenvalue weighted by molar-refractivity contribution is 14.1. The second-order valence-electron chi connectivity index (χ2n) is 1.81. The zero-order valence-corrected chi connectivity index (χ0v) is 7.07. The molecule has 9 heavy (non-hydrogen) atoms. The lowest BCUT2D eigenvalue weighted by atomic mass is 10.2. The Balaban J connectivity index is 3.01. The van der Waals surface area contributed by atoms with Crippen LogP contribution in [0.1, 0.15) is 6.92 Å². The molecule has 0 N–H and O–H groups in total. The molecule has 0 atom stereocenters. The molecule has 0 saturated heterocycles. The van der Waals surface area contributed by atoms with E-state index in [2.05, 4.69) is 28.7 Å². The predicted molar refractivity (Wildman–Crippen MR) is 43.7 cm³/mol. The monoisotopic (exact) mass is 235 g/mol. The van der Waals surface area contributed by atoms with Gasteiger partial charge in [0, 0.05) is 22.6 Å². The van der Waals surface area contributed by atoms with E-state index in [0.29, 0.717) is 5.57 Å². The Morgan fingerprint density at radius 3 is 2.78 bits per heavy atom. The van der Waals surface area contributed by atoms with Crippen molar-refractivity contribution in [2.45, 2.75) is 6.92 Å². The normalized spacial score (nSPS) is 17.4. The van der Waals surface area contributed by atoms with Crippen LogP contribution >= 0.6 is 22.6 Å². The third-order valence-electron chi connectivity index (χ3n) is 1.06. The van der Waals surface area contributed by atoms with Gasteiger partial charge in [-0.25, -0.2) is 0 Å². The third-order valence-corrected chi connectivity index (χ3v) is 1.68. The molecule has 0 aromatic heterocycles. The van der Waals surface area contributed by atoms with E-state index in [9.17, 15) is 4.39 Å². The van der Waals surface area contributed by atoms with Gasteiger partial charge in [-0.2, -0.15) is 0 Å². The van der Waals surface area contributed by atoms with Crippen molar-refractivity contribution in [2.75, 3.05) is 0 Å². The third kappa shape index (κ3) is 1.60. The average Bonchev–Trinajstić information content (AvgIpc) is 1.80. The molecule has 0 fully saturated rings. The first kappa shape index (κ1) is 6.90. The highest BCUT2D eigenvalue weighted by Gasteiger charge is 2.11. The van der Waals surface area contributed by atoms with Crippen LogP contribution < -0.4 is 0 Å². The molecule has 0 heterocycles. The van der Waals surface area contributed by atoms with Crippen LogP contribution in [-0.2, 0) is 0 Å². The lowest BCUT2D eigenvalue weighted by molar-refractivity contribution is 0.656. The molecule has 1 aliphatic rings. The fraction of sp³-hybridized carbons (Fsp3) is 0.143. The van der Waals surface area contributed by atoms with Gasteiger partial charge >= 0.3 is 0 Å². The number of halogens is 2. The molecule has 1 aliphatic carbocycles. The summed E-state index contributed by atoms with van der Waals surface area (Å²) < 4.78 is 13.4. The SMILES string of the molecule is CC1=C(F)C=[C+]C(I)=C1. The Bertz CT molecular complexity index is 211. The number of rotatable bonds is 0. The van der Waals surface area contributed by atoms with Crippen molar-refractivity contribution in [1.29, 1.82) is 0 Å². The highest BCUT2D eigenvalue weighted by Crippen LogP contribution is 2.20. The van der Waals surface area contributed by atoms with Gasteiger partial charge in [-0.15, -0.1) is 4.39 Å². The Morgan fingerprint density at radius 1 is 1.67 bits per heavy atom. The molecule has 0 aliphatic heterocycles. The average molecular weight is 235 g/mol. The van der Waals surface area contributed by atoms with Crippen LogP contribution in [-0.4, -0.2) is 0 Å². The lowest BCUT2D eigenvalue weighted by Crippen LogP contribution is -1.81. The smallest absolute Gasteiger partial charge is 0.126 e. The van der Waals surface area contributed by atoms with E-state index in [4.69, 9.17) is 0 Å². The van der Waals surface area contributed by atoms with Crippen molar-refractivity contribution in [1.82, 2.24) is 0 Å². The van der Waals surface area contributed by atoms with Crippen LogP contribution in [0.5, 0.6) is 0 Å². The maximum atomic E-state index is 12.5. The van der Waals surface area contributed by atoms with Crippen LogP contribution in [0.15, 0.2) is 27.1 Å². The summed E-state index contributed by atoms with van der Waals surface area (Å²) in [6, 6.07) is 0. The highest BCUT2D eigenvalue weighted by atomic mass is 127. The zero-order valence-electron chi connectivity index (χ0n) is 4.91. The first-order valence-electron chi connectivity index (χ1n) is 2.53. The van der Waals surface area contributed by atoms with Gasteiger partial charge in [-0.1, -0.05) is 0 Å². The van der Waals surface area contributed by atoms with Gasteiger partial charge in [0.15, 0.2) is 3.58 Å². The van der Waals surface area contributed by atoms with Crippen LogP contribution in [0, 0.1) is 6.08 Å². The van der Waals surface area contributed by atoms with Gasteiger partial charge in [-0.05, 0) is 6.92 Å². The summed E-state index contributed by atoms with van der Waals surface area (Å²) >= 11 is 2.10. The number of hydrogen-bond donors (Lipinski definition) is 0. The Hall–Kier alpha value is -0.210. The standard InChI is InChI=1S/C7H5FI/c1-5-4-6(9)2-3-7(5)8/h3-4H,1H3/q+1. The Kier molecular flexibility index (Phi) is 1.98. The Labute approximate surface area is 67.3 Å². The first-order chi connectivity index (χ1) is 4.20. The van der Waals surface area contributed by atoms with E-state index in [-0.39, 0.29) is 5.83 Å². The van der Waals surface area contributed by atoms with E-state index in [0.717, 1.165) is 3.58 Å². The van der Waals surface area contributed by atoms with Crippen LogP contribution in [0.3, 0.4) is 0 Å². The second kappa shape index (κ2) is 2.58. The van der Waals surface area contributed by atoms with Crippen molar-refractivity contribution >= 4 is 22.6 Å². The molecular weight excluding hydrogens is 230 g/mol. The lowest BCUT2D eigenvalue weighted by Gasteiger charge is -1.88. The van der Waals surface area contributed by atoms with Crippen molar-refractivity contribution in [3.63, 3.8) is 0 Å². The maximum Gasteiger partial charge on any atom is 0.243 e.